The van der Waals surface area contributed by atoms with Crippen LogP contribution in [0.25, 0.3) is 0 Å². The summed E-state index contributed by atoms with van der Waals surface area (Å²) in [7, 11) is 0. The first-order valence-electron chi connectivity index (χ1n) is 6.50. The van der Waals surface area contributed by atoms with Crippen molar-refractivity contribution < 1.29 is 9.59 Å². The molecule has 0 saturated heterocycles. The molecule has 0 aliphatic heterocycles. The van der Waals surface area contributed by atoms with E-state index in [-0.39, 0.29) is 24.9 Å². The molecule has 1 heterocycles. The molecule has 1 aromatic carbocycles. The molecule has 0 aliphatic rings. The van der Waals surface area contributed by atoms with Gasteiger partial charge in [0.2, 0.25) is 11.8 Å². The Morgan fingerprint density at radius 2 is 1.86 bits per heavy atom. The minimum absolute atomic E-state index is 0.0309. The predicted octanol–water partition coefficient (Wildman–Crippen LogP) is -0.102. The highest BCUT2D eigenvalue weighted by atomic mass is 16.2. The number of anilines is 1. The molecule has 2 amide bonds. The first-order chi connectivity index (χ1) is 10.1. The lowest BCUT2D eigenvalue weighted by Gasteiger charge is -2.07. The van der Waals surface area contributed by atoms with Gasteiger partial charge in [0.1, 0.15) is 12.4 Å². The van der Waals surface area contributed by atoms with E-state index in [9.17, 15) is 9.59 Å². The lowest BCUT2D eigenvalue weighted by Crippen LogP contribution is -2.38. The summed E-state index contributed by atoms with van der Waals surface area (Å²) in [4.78, 5) is 23.2. The van der Waals surface area contributed by atoms with Gasteiger partial charge in [0, 0.05) is 12.7 Å². The Hall–Kier alpha value is -2.83. The molecular weight excluding hydrogens is 270 g/mol. The highest BCUT2D eigenvalue weighted by Crippen LogP contribution is 1.97. The van der Waals surface area contributed by atoms with E-state index in [0.29, 0.717) is 12.4 Å². The van der Waals surface area contributed by atoms with Crippen molar-refractivity contribution in [2.45, 2.75) is 13.1 Å². The summed E-state index contributed by atoms with van der Waals surface area (Å²) in [5.41, 5.74) is 6.45. The van der Waals surface area contributed by atoms with Gasteiger partial charge in [0.25, 0.3) is 0 Å². The predicted molar refractivity (Wildman–Crippen MR) is 77.9 cm³/mol. The van der Waals surface area contributed by atoms with E-state index in [1.54, 1.807) is 12.3 Å². The summed E-state index contributed by atoms with van der Waals surface area (Å²) < 4.78 is 1.41. The summed E-state index contributed by atoms with van der Waals surface area (Å²) in [6.07, 6.45) is 1.60. The van der Waals surface area contributed by atoms with Crippen molar-refractivity contribution in [2.75, 3.05) is 12.3 Å². The molecule has 0 unspecified atom stereocenters. The normalized spacial score (nSPS) is 10.1. The van der Waals surface area contributed by atoms with Crippen LogP contribution in [0.2, 0.25) is 0 Å². The molecule has 7 nitrogen and oxygen atoms in total. The maximum absolute atomic E-state index is 11.6. The van der Waals surface area contributed by atoms with E-state index in [2.05, 4.69) is 15.7 Å². The maximum atomic E-state index is 11.6. The molecule has 0 spiro atoms. The van der Waals surface area contributed by atoms with Crippen LogP contribution in [0.4, 0.5) is 5.82 Å². The minimum Gasteiger partial charge on any atom is -0.382 e. The summed E-state index contributed by atoms with van der Waals surface area (Å²) in [6, 6.07) is 11.1. The average molecular weight is 287 g/mol. The highest BCUT2D eigenvalue weighted by Gasteiger charge is 2.06. The van der Waals surface area contributed by atoms with Crippen molar-refractivity contribution in [2.24, 2.45) is 0 Å². The first-order valence-corrected chi connectivity index (χ1v) is 6.50. The number of rotatable bonds is 6. The fourth-order valence-corrected chi connectivity index (χ4v) is 1.71. The van der Waals surface area contributed by atoms with Crippen LogP contribution in [-0.2, 0) is 22.7 Å². The van der Waals surface area contributed by atoms with Gasteiger partial charge in [-0.05, 0) is 11.6 Å². The Bertz CT molecular complexity index is 609. The Balaban J connectivity index is 1.67. The van der Waals surface area contributed by atoms with E-state index in [4.69, 9.17) is 5.73 Å². The molecule has 0 fully saturated rings. The van der Waals surface area contributed by atoms with E-state index < -0.39 is 0 Å². The zero-order chi connectivity index (χ0) is 15.1. The number of carbonyl (C=O) groups is 2. The number of aromatic nitrogens is 2. The van der Waals surface area contributed by atoms with E-state index in [1.165, 1.54) is 4.68 Å². The summed E-state index contributed by atoms with van der Waals surface area (Å²) in [5.74, 6) is -0.191. The summed E-state index contributed by atoms with van der Waals surface area (Å²) in [5, 5.41) is 9.14. The van der Waals surface area contributed by atoms with Crippen molar-refractivity contribution >= 4 is 17.6 Å². The summed E-state index contributed by atoms with van der Waals surface area (Å²) in [6.45, 7) is 0.400. The number of benzene rings is 1. The van der Waals surface area contributed by atoms with Crippen molar-refractivity contribution in [1.29, 1.82) is 0 Å². The number of nitrogens with one attached hydrogen (secondary N) is 2. The number of carbonyl (C=O) groups excluding carboxylic acids is 2. The van der Waals surface area contributed by atoms with Crippen molar-refractivity contribution in [3.8, 4) is 0 Å². The average Bonchev–Trinajstić information content (AvgIpc) is 2.89. The van der Waals surface area contributed by atoms with E-state index in [1.807, 2.05) is 30.3 Å². The van der Waals surface area contributed by atoms with Crippen molar-refractivity contribution in [3.05, 3.63) is 48.2 Å². The maximum Gasteiger partial charge on any atom is 0.242 e. The molecule has 110 valence electrons. The smallest absolute Gasteiger partial charge is 0.242 e. The fraction of sp³-hybridized carbons (Fsp3) is 0.214. The molecular formula is C14H17N5O2. The minimum atomic E-state index is -0.298. The highest BCUT2D eigenvalue weighted by molar-refractivity contribution is 5.84. The van der Waals surface area contributed by atoms with Gasteiger partial charge < -0.3 is 16.4 Å². The van der Waals surface area contributed by atoms with E-state index in [0.717, 1.165) is 5.56 Å². The molecule has 2 aromatic rings. The molecule has 21 heavy (non-hydrogen) atoms. The third-order valence-electron chi connectivity index (χ3n) is 2.75. The molecule has 7 heteroatoms. The number of hydrogen-bond acceptors (Lipinski definition) is 4. The second kappa shape index (κ2) is 7.09. The topological polar surface area (TPSA) is 102 Å². The van der Waals surface area contributed by atoms with Crippen LogP contribution in [0.1, 0.15) is 5.56 Å². The molecule has 0 bridgehead atoms. The largest absolute Gasteiger partial charge is 0.382 e. The van der Waals surface area contributed by atoms with Crippen LogP contribution in [0.15, 0.2) is 42.6 Å². The SMILES string of the molecule is Nc1ccn(CC(=O)NCC(=O)NCc2ccccc2)n1. The van der Waals surface area contributed by atoms with Gasteiger partial charge in [0.05, 0.1) is 6.54 Å². The summed E-state index contributed by atoms with van der Waals surface area (Å²) >= 11 is 0. The van der Waals surface area contributed by atoms with Crippen LogP contribution in [-0.4, -0.2) is 28.1 Å². The third kappa shape index (κ3) is 4.98. The van der Waals surface area contributed by atoms with Gasteiger partial charge in [-0.25, -0.2) is 0 Å². The van der Waals surface area contributed by atoms with Crippen LogP contribution < -0.4 is 16.4 Å². The molecule has 0 aliphatic carbocycles. The van der Waals surface area contributed by atoms with Crippen LogP contribution in [0.3, 0.4) is 0 Å². The quantitative estimate of drug-likeness (QED) is 0.690. The monoisotopic (exact) mass is 287 g/mol. The molecule has 4 N–H and O–H groups in total. The molecule has 0 radical (unpaired) electrons. The van der Waals surface area contributed by atoms with Crippen LogP contribution in [0.5, 0.6) is 0 Å². The Labute approximate surface area is 122 Å². The van der Waals surface area contributed by atoms with Crippen molar-refractivity contribution in [3.63, 3.8) is 0 Å². The zero-order valence-electron chi connectivity index (χ0n) is 11.5. The van der Waals surface area contributed by atoms with Gasteiger partial charge >= 0.3 is 0 Å². The molecule has 0 saturated carbocycles. The standard InChI is InChI=1S/C14H17N5O2/c15-12-6-7-19(18-12)10-14(21)17-9-13(20)16-8-11-4-2-1-3-5-11/h1-7H,8-10H2,(H2,15,18)(H,16,20)(H,17,21). The van der Waals surface area contributed by atoms with Gasteiger partial charge in [-0.3, -0.25) is 14.3 Å². The second-order valence-corrected chi connectivity index (χ2v) is 4.48. The van der Waals surface area contributed by atoms with Gasteiger partial charge in [-0.15, -0.1) is 0 Å². The van der Waals surface area contributed by atoms with Crippen LogP contribution >= 0.6 is 0 Å². The molecule has 2 rings (SSSR count). The van der Waals surface area contributed by atoms with Gasteiger partial charge in [-0.2, -0.15) is 5.10 Å². The Morgan fingerprint density at radius 3 is 2.52 bits per heavy atom. The van der Waals surface area contributed by atoms with Crippen LogP contribution in [0, 0.1) is 0 Å². The molecule has 1 aromatic heterocycles. The first kappa shape index (κ1) is 14.6. The second-order valence-electron chi connectivity index (χ2n) is 4.48. The van der Waals surface area contributed by atoms with Crippen molar-refractivity contribution in [1.82, 2.24) is 20.4 Å². The van der Waals surface area contributed by atoms with Gasteiger partial charge in [-0.1, -0.05) is 30.3 Å². The Kier molecular flexibility index (Phi) is 4.92. The molecule has 0 atom stereocenters. The number of nitrogens with zero attached hydrogens (tertiary/aromatic N) is 2. The fourth-order valence-electron chi connectivity index (χ4n) is 1.71. The lowest BCUT2D eigenvalue weighted by atomic mass is 10.2. The third-order valence-corrected chi connectivity index (χ3v) is 2.75. The number of nitrogens with two attached hydrogens (primary N) is 1. The Morgan fingerprint density at radius 1 is 1.10 bits per heavy atom. The number of amides is 2. The lowest BCUT2D eigenvalue weighted by molar-refractivity contribution is -0.126. The zero-order valence-corrected chi connectivity index (χ0v) is 11.5. The van der Waals surface area contributed by atoms with E-state index >= 15 is 0 Å². The number of hydrogen-bond donors (Lipinski definition) is 3. The number of nitrogen functional groups attached to an aromatic ring is 1. The van der Waals surface area contributed by atoms with Gasteiger partial charge in [0.15, 0.2) is 0 Å².